The molecule has 3 unspecified atom stereocenters. The molecule has 1 N–H and O–H groups in total. The molecule has 0 aromatic heterocycles. The summed E-state index contributed by atoms with van der Waals surface area (Å²) in [6.07, 6.45) is 10.0. The van der Waals surface area contributed by atoms with Gasteiger partial charge in [-0.05, 0) is 43.8 Å². The number of nitrogens with one attached hydrogen (secondary N) is 1. The van der Waals surface area contributed by atoms with Crippen LogP contribution in [-0.4, -0.2) is 23.1 Å². The van der Waals surface area contributed by atoms with Crippen LogP contribution < -0.4 is 5.32 Å². The van der Waals surface area contributed by atoms with Gasteiger partial charge in [-0.25, -0.2) is 0 Å². The maximum atomic E-state index is 3.98. The van der Waals surface area contributed by atoms with Crippen LogP contribution in [0.4, 0.5) is 0 Å². The Kier molecular flexibility index (Phi) is 5.02. The smallest absolute Gasteiger partial charge is 0.0201 e. The predicted molar refractivity (Wildman–Crippen MR) is 74.1 cm³/mol. The normalized spacial score (nSPS) is 32.6. The molecular weight excluding hydrogens is 214 g/mol. The Labute approximate surface area is 105 Å². The Bertz CT molecular complexity index is 201. The molecule has 2 aliphatic rings. The molecule has 0 saturated heterocycles. The van der Waals surface area contributed by atoms with Gasteiger partial charge in [-0.1, -0.05) is 26.7 Å². The van der Waals surface area contributed by atoms with Crippen LogP contribution in [0.5, 0.6) is 0 Å². The molecular formula is C14H27NS. The van der Waals surface area contributed by atoms with Gasteiger partial charge in [0.25, 0.3) is 0 Å². The standard InChI is InChI=1S/C14H27NS/c1-3-12(11-9-10-11)15-13-7-5-6-8-14(13)16-4-2/h11-15H,3-10H2,1-2H3. The van der Waals surface area contributed by atoms with E-state index in [4.69, 9.17) is 0 Å². The summed E-state index contributed by atoms with van der Waals surface area (Å²) in [4.78, 5) is 0. The second-order valence-corrected chi connectivity index (χ2v) is 6.92. The van der Waals surface area contributed by atoms with Crippen molar-refractivity contribution < 1.29 is 0 Å². The molecule has 0 heterocycles. The quantitative estimate of drug-likeness (QED) is 0.758. The van der Waals surface area contributed by atoms with Gasteiger partial charge < -0.3 is 5.32 Å². The molecule has 16 heavy (non-hydrogen) atoms. The number of thioether (sulfide) groups is 1. The molecule has 0 aromatic rings. The lowest BCUT2D eigenvalue weighted by molar-refractivity contribution is 0.322. The van der Waals surface area contributed by atoms with Crippen molar-refractivity contribution in [3.63, 3.8) is 0 Å². The first-order valence-electron chi connectivity index (χ1n) is 7.22. The third-order valence-corrected chi connectivity index (χ3v) is 5.47. The maximum absolute atomic E-state index is 3.98. The first-order chi connectivity index (χ1) is 7.85. The molecule has 2 saturated carbocycles. The van der Waals surface area contributed by atoms with Crippen molar-refractivity contribution in [2.24, 2.45) is 5.92 Å². The first-order valence-corrected chi connectivity index (χ1v) is 8.27. The lowest BCUT2D eigenvalue weighted by atomic mass is 9.93. The van der Waals surface area contributed by atoms with Crippen molar-refractivity contribution in [2.75, 3.05) is 5.75 Å². The zero-order valence-electron chi connectivity index (χ0n) is 10.9. The summed E-state index contributed by atoms with van der Waals surface area (Å²) >= 11 is 2.18. The Hall–Kier alpha value is 0.310. The third kappa shape index (κ3) is 3.40. The van der Waals surface area contributed by atoms with Crippen LogP contribution in [0.2, 0.25) is 0 Å². The summed E-state index contributed by atoms with van der Waals surface area (Å²) in [5.74, 6) is 2.29. The molecule has 0 aromatic carbocycles. The highest BCUT2D eigenvalue weighted by Gasteiger charge is 2.33. The van der Waals surface area contributed by atoms with E-state index < -0.39 is 0 Å². The summed E-state index contributed by atoms with van der Waals surface area (Å²) in [6.45, 7) is 4.65. The van der Waals surface area contributed by atoms with E-state index >= 15 is 0 Å². The molecule has 0 aliphatic heterocycles. The number of hydrogen-bond donors (Lipinski definition) is 1. The fraction of sp³-hybridized carbons (Fsp3) is 1.00. The number of rotatable bonds is 6. The van der Waals surface area contributed by atoms with Gasteiger partial charge in [-0.3, -0.25) is 0 Å². The van der Waals surface area contributed by atoms with E-state index in [1.165, 1.54) is 50.7 Å². The topological polar surface area (TPSA) is 12.0 Å². The van der Waals surface area contributed by atoms with Gasteiger partial charge in [0.1, 0.15) is 0 Å². The SMILES string of the molecule is CCSC1CCCCC1NC(CC)C1CC1. The highest BCUT2D eigenvalue weighted by molar-refractivity contribution is 7.99. The van der Waals surface area contributed by atoms with Gasteiger partial charge in [0.05, 0.1) is 0 Å². The van der Waals surface area contributed by atoms with E-state index in [0.717, 1.165) is 23.3 Å². The lowest BCUT2D eigenvalue weighted by Gasteiger charge is -2.34. The summed E-state index contributed by atoms with van der Waals surface area (Å²) < 4.78 is 0. The van der Waals surface area contributed by atoms with Crippen LogP contribution >= 0.6 is 11.8 Å². The van der Waals surface area contributed by atoms with Crippen LogP contribution in [0.25, 0.3) is 0 Å². The van der Waals surface area contributed by atoms with Gasteiger partial charge in [-0.2, -0.15) is 11.8 Å². The highest BCUT2D eigenvalue weighted by atomic mass is 32.2. The van der Waals surface area contributed by atoms with Crippen LogP contribution in [0.15, 0.2) is 0 Å². The minimum Gasteiger partial charge on any atom is -0.310 e. The second-order valence-electron chi connectivity index (χ2n) is 5.40. The van der Waals surface area contributed by atoms with Gasteiger partial charge in [-0.15, -0.1) is 0 Å². The maximum Gasteiger partial charge on any atom is 0.0201 e. The largest absolute Gasteiger partial charge is 0.310 e. The summed E-state index contributed by atoms with van der Waals surface area (Å²) in [7, 11) is 0. The fourth-order valence-electron chi connectivity index (χ4n) is 3.06. The highest BCUT2D eigenvalue weighted by Crippen LogP contribution is 2.36. The van der Waals surface area contributed by atoms with E-state index in [-0.39, 0.29) is 0 Å². The molecule has 2 heteroatoms. The van der Waals surface area contributed by atoms with E-state index in [2.05, 4.69) is 30.9 Å². The Morgan fingerprint density at radius 2 is 1.88 bits per heavy atom. The molecule has 0 spiro atoms. The van der Waals surface area contributed by atoms with E-state index in [9.17, 15) is 0 Å². The molecule has 2 aliphatic carbocycles. The van der Waals surface area contributed by atoms with Gasteiger partial charge in [0.2, 0.25) is 0 Å². The molecule has 1 nitrogen and oxygen atoms in total. The average Bonchev–Trinajstić information content (AvgIpc) is 3.12. The van der Waals surface area contributed by atoms with Crippen molar-refractivity contribution in [2.45, 2.75) is 76.1 Å². The Morgan fingerprint density at radius 1 is 1.12 bits per heavy atom. The van der Waals surface area contributed by atoms with E-state index in [1.54, 1.807) is 0 Å². The minimum absolute atomic E-state index is 0.809. The van der Waals surface area contributed by atoms with Gasteiger partial charge in [0.15, 0.2) is 0 Å². The lowest BCUT2D eigenvalue weighted by Crippen LogP contribution is -2.46. The molecule has 0 amide bonds. The predicted octanol–water partition coefficient (Wildman–Crippen LogP) is 3.83. The third-order valence-electron chi connectivity index (χ3n) is 4.14. The second kappa shape index (κ2) is 6.30. The molecule has 0 radical (unpaired) electrons. The van der Waals surface area contributed by atoms with Crippen LogP contribution in [0, 0.1) is 5.92 Å². The van der Waals surface area contributed by atoms with Crippen molar-refractivity contribution >= 4 is 11.8 Å². The van der Waals surface area contributed by atoms with Gasteiger partial charge in [0, 0.05) is 17.3 Å². The first kappa shape index (κ1) is 12.8. The molecule has 94 valence electrons. The molecule has 0 bridgehead atoms. The molecule has 3 atom stereocenters. The molecule has 2 fully saturated rings. The summed E-state index contributed by atoms with van der Waals surface area (Å²) in [5.41, 5.74) is 0. The van der Waals surface area contributed by atoms with E-state index in [0.29, 0.717) is 0 Å². The molecule has 2 rings (SSSR count). The average molecular weight is 241 g/mol. The zero-order valence-corrected chi connectivity index (χ0v) is 11.7. The minimum atomic E-state index is 0.809. The van der Waals surface area contributed by atoms with Crippen molar-refractivity contribution in [1.82, 2.24) is 5.32 Å². The monoisotopic (exact) mass is 241 g/mol. The summed E-state index contributed by atoms with van der Waals surface area (Å²) in [5, 5.41) is 4.88. The van der Waals surface area contributed by atoms with Crippen molar-refractivity contribution in [3.05, 3.63) is 0 Å². The zero-order chi connectivity index (χ0) is 11.4. The Balaban J connectivity index is 1.83. The fourth-order valence-corrected chi connectivity index (χ4v) is 4.27. The van der Waals surface area contributed by atoms with Gasteiger partial charge >= 0.3 is 0 Å². The van der Waals surface area contributed by atoms with Crippen LogP contribution in [0.1, 0.15) is 58.8 Å². The Morgan fingerprint density at radius 3 is 2.50 bits per heavy atom. The number of hydrogen-bond acceptors (Lipinski definition) is 2. The van der Waals surface area contributed by atoms with Crippen molar-refractivity contribution in [3.8, 4) is 0 Å². The van der Waals surface area contributed by atoms with Crippen molar-refractivity contribution in [1.29, 1.82) is 0 Å². The van der Waals surface area contributed by atoms with Crippen LogP contribution in [-0.2, 0) is 0 Å². The van der Waals surface area contributed by atoms with Crippen LogP contribution in [0.3, 0.4) is 0 Å². The summed E-state index contributed by atoms with van der Waals surface area (Å²) in [6, 6.07) is 1.63. The van der Waals surface area contributed by atoms with E-state index in [1.807, 2.05) is 0 Å².